The Morgan fingerprint density at radius 1 is 1.38 bits per heavy atom. The van der Waals surface area contributed by atoms with Crippen LogP contribution in [0.25, 0.3) is 0 Å². The molecule has 0 spiro atoms. The third-order valence-electron chi connectivity index (χ3n) is 2.34. The van der Waals surface area contributed by atoms with E-state index in [1.807, 2.05) is 13.8 Å². The van der Waals surface area contributed by atoms with Crippen molar-refractivity contribution in [1.82, 2.24) is 0 Å². The lowest BCUT2D eigenvalue weighted by molar-refractivity contribution is -0.119. The Balaban J connectivity index is 2.89. The van der Waals surface area contributed by atoms with Crippen LogP contribution in [-0.4, -0.2) is 11.9 Å². The summed E-state index contributed by atoms with van der Waals surface area (Å²) in [6.45, 7) is 5.56. The van der Waals surface area contributed by atoms with Crippen LogP contribution < -0.4 is 11.1 Å². The number of hydrogen-bond donors (Lipinski definition) is 2. The molecule has 16 heavy (non-hydrogen) atoms. The molecule has 88 valence electrons. The molecule has 0 saturated carbocycles. The molecule has 0 radical (unpaired) electrons. The summed E-state index contributed by atoms with van der Waals surface area (Å²) in [4.78, 5) is 11.2. The van der Waals surface area contributed by atoms with Crippen LogP contribution in [0.5, 0.6) is 0 Å². The lowest BCUT2D eigenvalue weighted by Gasteiger charge is -2.20. The molecule has 4 heteroatoms. The number of halogens is 1. The van der Waals surface area contributed by atoms with E-state index in [2.05, 4.69) is 5.32 Å². The van der Waals surface area contributed by atoms with E-state index in [0.29, 0.717) is 5.69 Å². The molecule has 0 aliphatic carbocycles. The van der Waals surface area contributed by atoms with E-state index in [1.165, 1.54) is 12.1 Å². The SMILES string of the molecule is Cc1cc(F)cc(NC(C(N)=O)C(C)C)c1. The zero-order valence-corrected chi connectivity index (χ0v) is 9.75. The zero-order chi connectivity index (χ0) is 12.3. The van der Waals surface area contributed by atoms with Gasteiger partial charge >= 0.3 is 0 Å². The van der Waals surface area contributed by atoms with Crippen LogP contribution in [0, 0.1) is 18.7 Å². The van der Waals surface area contributed by atoms with Crippen molar-refractivity contribution in [2.24, 2.45) is 11.7 Å². The number of nitrogens with two attached hydrogens (primary N) is 1. The molecule has 3 N–H and O–H groups in total. The minimum Gasteiger partial charge on any atom is -0.373 e. The van der Waals surface area contributed by atoms with Gasteiger partial charge in [0.05, 0.1) is 0 Å². The molecule has 1 rings (SSSR count). The minimum atomic E-state index is -0.485. The summed E-state index contributed by atoms with van der Waals surface area (Å²) in [5, 5.41) is 2.94. The van der Waals surface area contributed by atoms with Crippen molar-refractivity contribution >= 4 is 11.6 Å². The van der Waals surface area contributed by atoms with E-state index in [4.69, 9.17) is 5.73 Å². The molecule has 1 aromatic carbocycles. The molecule has 0 heterocycles. The van der Waals surface area contributed by atoms with Crippen LogP contribution in [-0.2, 0) is 4.79 Å². The largest absolute Gasteiger partial charge is 0.373 e. The van der Waals surface area contributed by atoms with Crippen molar-refractivity contribution in [3.05, 3.63) is 29.6 Å². The molecule has 0 aliphatic heterocycles. The smallest absolute Gasteiger partial charge is 0.240 e. The molecule has 0 saturated heterocycles. The molecular weight excluding hydrogens is 207 g/mol. The number of amides is 1. The second-order valence-corrected chi connectivity index (χ2v) is 4.29. The molecule has 3 nitrogen and oxygen atoms in total. The van der Waals surface area contributed by atoms with Crippen molar-refractivity contribution in [3.8, 4) is 0 Å². The fourth-order valence-electron chi connectivity index (χ4n) is 1.57. The standard InChI is InChI=1S/C12H17FN2O/c1-7(2)11(12(14)16)15-10-5-8(3)4-9(13)6-10/h4-7,11,15H,1-3H3,(H2,14,16). The van der Waals surface area contributed by atoms with Gasteiger partial charge in [0.25, 0.3) is 0 Å². The monoisotopic (exact) mass is 224 g/mol. The Bertz CT molecular complexity index is 370. The Hall–Kier alpha value is -1.58. The summed E-state index contributed by atoms with van der Waals surface area (Å²) in [5.74, 6) is -0.701. The Kier molecular flexibility index (Phi) is 3.88. The maximum atomic E-state index is 13.1. The number of nitrogens with one attached hydrogen (secondary N) is 1. The summed E-state index contributed by atoms with van der Waals surface area (Å²) >= 11 is 0. The van der Waals surface area contributed by atoms with Crippen LogP contribution in [0.15, 0.2) is 18.2 Å². The number of aryl methyl sites for hydroxylation is 1. The predicted octanol–water partition coefficient (Wildman–Crippen LogP) is 2.06. The van der Waals surface area contributed by atoms with Gasteiger partial charge in [-0.15, -0.1) is 0 Å². The zero-order valence-electron chi connectivity index (χ0n) is 9.75. The summed E-state index contributed by atoms with van der Waals surface area (Å²) in [5.41, 5.74) is 6.65. The van der Waals surface area contributed by atoms with Gasteiger partial charge in [-0.1, -0.05) is 13.8 Å². The van der Waals surface area contributed by atoms with Crippen LogP contribution in [0.1, 0.15) is 19.4 Å². The summed E-state index contributed by atoms with van der Waals surface area (Å²) < 4.78 is 13.1. The lowest BCUT2D eigenvalue weighted by Crippen LogP contribution is -2.39. The first-order chi connectivity index (χ1) is 7.40. The average Bonchev–Trinajstić information content (AvgIpc) is 2.11. The molecule has 1 unspecified atom stereocenters. The van der Waals surface area contributed by atoms with Gasteiger partial charge in [-0.3, -0.25) is 4.79 Å². The molecule has 0 aromatic heterocycles. The van der Waals surface area contributed by atoms with Crippen LogP contribution in [0.3, 0.4) is 0 Å². The Labute approximate surface area is 94.8 Å². The van der Waals surface area contributed by atoms with Crippen molar-refractivity contribution in [2.75, 3.05) is 5.32 Å². The van der Waals surface area contributed by atoms with Gasteiger partial charge in [0, 0.05) is 5.69 Å². The first-order valence-corrected chi connectivity index (χ1v) is 5.23. The fraction of sp³-hybridized carbons (Fsp3) is 0.417. The van der Waals surface area contributed by atoms with E-state index in [0.717, 1.165) is 5.56 Å². The fourth-order valence-corrected chi connectivity index (χ4v) is 1.57. The van der Waals surface area contributed by atoms with Crippen molar-refractivity contribution in [2.45, 2.75) is 26.8 Å². The van der Waals surface area contributed by atoms with Gasteiger partial charge in [-0.2, -0.15) is 0 Å². The second-order valence-electron chi connectivity index (χ2n) is 4.29. The summed E-state index contributed by atoms with van der Waals surface area (Å²) in [6, 6.07) is 4.08. The summed E-state index contributed by atoms with van der Waals surface area (Å²) in [6.07, 6.45) is 0. The van der Waals surface area contributed by atoms with E-state index >= 15 is 0 Å². The number of primary amides is 1. The molecular formula is C12H17FN2O. The highest BCUT2D eigenvalue weighted by Crippen LogP contribution is 2.16. The normalized spacial score (nSPS) is 12.6. The number of hydrogen-bond acceptors (Lipinski definition) is 2. The highest BCUT2D eigenvalue weighted by atomic mass is 19.1. The number of rotatable bonds is 4. The maximum absolute atomic E-state index is 13.1. The number of carbonyl (C=O) groups excluding carboxylic acids is 1. The van der Waals surface area contributed by atoms with Crippen molar-refractivity contribution in [3.63, 3.8) is 0 Å². The number of anilines is 1. The van der Waals surface area contributed by atoms with E-state index in [9.17, 15) is 9.18 Å². The van der Waals surface area contributed by atoms with Crippen molar-refractivity contribution < 1.29 is 9.18 Å². The average molecular weight is 224 g/mol. The van der Waals surface area contributed by atoms with Gasteiger partial charge in [0.15, 0.2) is 0 Å². The van der Waals surface area contributed by atoms with Gasteiger partial charge in [0.2, 0.25) is 5.91 Å². The highest BCUT2D eigenvalue weighted by molar-refractivity contribution is 5.83. The topological polar surface area (TPSA) is 55.1 Å². The predicted molar refractivity (Wildman–Crippen MR) is 62.6 cm³/mol. The van der Waals surface area contributed by atoms with Crippen molar-refractivity contribution in [1.29, 1.82) is 0 Å². The van der Waals surface area contributed by atoms with Crippen LogP contribution in [0.4, 0.5) is 10.1 Å². The first kappa shape index (κ1) is 12.5. The molecule has 0 bridgehead atoms. The van der Waals surface area contributed by atoms with E-state index < -0.39 is 11.9 Å². The quantitative estimate of drug-likeness (QED) is 0.822. The third-order valence-corrected chi connectivity index (χ3v) is 2.34. The lowest BCUT2D eigenvalue weighted by atomic mass is 10.0. The van der Waals surface area contributed by atoms with Gasteiger partial charge in [-0.05, 0) is 36.6 Å². The van der Waals surface area contributed by atoms with Gasteiger partial charge in [0.1, 0.15) is 11.9 Å². The van der Waals surface area contributed by atoms with E-state index in [-0.39, 0.29) is 11.7 Å². The Morgan fingerprint density at radius 3 is 2.44 bits per heavy atom. The number of carbonyl (C=O) groups is 1. The third kappa shape index (κ3) is 3.22. The first-order valence-electron chi connectivity index (χ1n) is 5.23. The number of benzene rings is 1. The summed E-state index contributed by atoms with van der Waals surface area (Å²) in [7, 11) is 0. The highest BCUT2D eigenvalue weighted by Gasteiger charge is 2.19. The molecule has 1 aromatic rings. The molecule has 0 aliphatic rings. The molecule has 0 fully saturated rings. The van der Waals surface area contributed by atoms with Crippen LogP contribution >= 0.6 is 0 Å². The maximum Gasteiger partial charge on any atom is 0.240 e. The van der Waals surface area contributed by atoms with Gasteiger partial charge in [-0.25, -0.2) is 4.39 Å². The minimum absolute atomic E-state index is 0.0565. The molecule has 1 atom stereocenters. The second kappa shape index (κ2) is 4.96. The Morgan fingerprint density at radius 2 is 2.00 bits per heavy atom. The molecule has 1 amide bonds. The van der Waals surface area contributed by atoms with E-state index in [1.54, 1.807) is 13.0 Å². The van der Waals surface area contributed by atoms with Gasteiger partial charge < -0.3 is 11.1 Å². The van der Waals surface area contributed by atoms with Crippen LogP contribution in [0.2, 0.25) is 0 Å².